The highest BCUT2D eigenvalue weighted by Gasteiger charge is 2.29. The second kappa shape index (κ2) is 4.31. The number of benzene rings is 1. The first kappa shape index (κ1) is 12.4. The molecule has 1 aliphatic heterocycles. The quantitative estimate of drug-likeness (QED) is 0.858. The zero-order chi connectivity index (χ0) is 12.6. The van der Waals surface area contributed by atoms with Gasteiger partial charge in [0.15, 0.2) is 0 Å². The minimum atomic E-state index is -0.615. The Morgan fingerprint density at radius 2 is 2.06 bits per heavy atom. The molecule has 3 nitrogen and oxygen atoms in total. The van der Waals surface area contributed by atoms with Crippen molar-refractivity contribution in [3.05, 3.63) is 28.8 Å². The van der Waals surface area contributed by atoms with Crippen molar-refractivity contribution in [2.75, 3.05) is 0 Å². The van der Waals surface area contributed by atoms with E-state index in [4.69, 9.17) is 9.47 Å². The Balaban J connectivity index is 2.48. The topological polar surface area (TPSA) is 38.7 Å². The van der Waals surface area contributed by atoms with Gasteiger partial charge in [0.25, 0.3) is 0 Å². The van der Waals surface area contributed by atoms with E-state index in [2.05, 4.69) is 19.9 Å². The Morgan fingerprint density at radius 1 is 1.35 bits per heavy atom. The Hall–Kier alpha value is -1.06. The molecule has 0 saturated heterocycles. The van der Waals surface area contributed by atoms with Crippen LogP contribution in [0.3, 0.4) is 0 Å². The van der Waals surface area contributed by atoms with Gasteiger partial charge in [-0.1, -0.05) is 13.8 Å². The lowest BCUT2D eigenvalue weighted by Gasteiger charge is -2.34. The van der Waals surface area contributed by atoms with Crippen molar-refractivity contribution in [1.82, 2.24) is 0 Å². The summed E-state index contributed by atoms with van der Waals surface area (Å²) in [5, 5.41) is 9.45. The van der Waals surface area contributed by atoms with Gasteiger partial charge < -0.3 is 14.6 Å². The zero-order valence-corrected chi connectivity index (χ0v) is 10.9. The predicted molar refractivity (Wildman–Crippen MR) is 65.9 cm³/mol. The summed E-state index contributed by atoms with van der Waals surface area (Å²) in [4.78, 5) is 0. The minimum absolute atomic E-state index is 0.00102. The number of fused-ring (bicyclic) bond motifs is 1. The smallest absolute Gasteiger partial charge is 0.205 e. The van der Waals surface area contributed by atoms with Crippen LogP contribution in [0.25, 0.3) is 0 Å². The fourth-order valence-corrected chi connectivity index (χ4v) is 2.00. The summed E-state index contributed by atoms with van der Waals surface area (Å²) < 4.78 is 11.4. The third kappa shape index (κ3) is 2.45. The molecule has 3 heteroatoms. The lowest BCUT2D eigenvalue weighted by atomic mass is 9.96. The largest absolute Gasteiger partial charge is 0.462 e. The maximum Gasteiger partial charge on any atom is 0.205 e. The molecule has 1 heterocycles. The highest BCUT2D eigenvalue weighted by Crippen LogP contribution is 2.36. The minimum Gasteiger partial charge on any atom is -0.462 e. The van der Waals surface area contributed by atoms with E-state index in [1.807, 2.05) is 19.9 Å². The van der Waals surface area contributed by atoms with Gasteiger partial charge in [-0.15, -0.1) is 0 Å². The van der Waals surface area contributed by atoms with E-state index in [1.54, 1.807) is 0 Å². The second-order valence-electron chi connectivity index (χ2n) is 5.27. The van der Waals surface area contributed by atoms with Gasteiger partial charge in [-0.05, 0) is 23.6 Å². The molecule has 0 atom stereocenters. The molecule has 0 unspecified atom stereocenters. The van der Waals surface area contributed by atoms with Gasteiger partial charge in [0, 0.05) is 25.0 Å². The van der Waals surface area contributed by atoms with E-state index < -0.39 is 5.79 Å². The monoisotopic (exact) mass is 236 g/mol. The number of hydrogen-bond donors (Lipinski definition) is 1. The number of aliphatic hydroxyl groups excluding tert-OH is 1. The summed E-state index contributed by atoms with van der Waals surface area (Å²) >= 11 is 0. The van der Waals surface area contributed by atoms with Gasteiger partial charge in [-0.2, -0.15) is 0 Å². The molecule has 0 amide bonds. The lowest BCUT2D eigenvalue weighted by molar-refractivity contribution is -0.180. The molecule has 0 bridgehead atoms. The van der Waals surface area contributed by atoms with Crippen molar-refractivity contribution >= 4 is 0 Å². The fraction of sp³-hybridized carbons (Fsp3) is 0.571. The highest BCUT2D eigenvalue weighted by molar-refractivity contribution is 5.46. The average Bonchev–Trinajstić information content (AvgIpc) is 2.26. The molecular weight excluding hydrogens is 216 g/mol. The van der Waals surface area contributed by atoms with Crippen LogP contribution in [-0.2, 0) is 18.0 Å². The molecule has 2 rings (SSSR count). The van der Waals surface area contributed by atoms with Crippen LogP contribution < -0.4 is 4.74 Å². The molecule has 1 aromatic carbocycles. The van der Waals surface area contributed by atoms with Crippen molar-refractivity contribution in [2.24, 2.45) is 0 Å². The van der Waals surface area contributed by atoms with Crippen molar-refractivity contribution in [3.63, 3.8) is 0 Å². The van der Waals surface area contributed by atoms with Crippen LogP contribution in [-0.4, -0.2) is 10.9 Å². The molecule has 1 N–H and O–H groups in total. The van der Waals surface area contributed by atoms with Crippen molar-refractivity contribution in [1.29, 1.82) is 0 Å². The summed E-state index contributed by atoms with van der Waals surface area (Å²) in [6.45, 7) is 8.57. The van der Waals surface area contributed by atoms with E-state index >= 15 is 0 Å². The summed E-state index contributed by atoms with van der Waals surface area (Å²) in [6, 6.07) is 4.12. The average molecular weight is 236 g/mol. The first-order chi connectivity index (χ1) is 7.93. The lowest BCUT2D eigenvalue weighted by Crippen LogP contribution is -2.36. The number of ether oxygens (including phenoxy) is 2. The van der Waals surface area contributed by atoms with Crippen LogP contribution in [0.5, 0.6) is 5.75 Å². The summed E-state index contributed by atoms with van der Waals surface area (Å²) in [6.07, 6.45) is 0. The molecule has 0 radical (unpaired) electrons. The van der Waals surface area contributed by atoms with Gasteiger partial charge in [0.2, 0.25) is 5.79 Å². The Kier molecular flexibility index (Phi) is 3.15. The second-order valence-corrected chi connectivity index (χ2v) is 5.27. The number of rotatable bonds is 2. The molecule has 94 valence electrons. The van der Waals surface area contributed by atoms with E-state index in [0.29, 0.717) is 12.5 Å². The first-order valence-electron chi connectivity index (χ1n) is 6.02. The highest BCUT2D eigenvalue weighted by atomic mass is 16.7. The molecular formula is C14H20O3. The van der Waals surface area contributed by atoms with Crippen molar-refractivity contribution in [3.8, 4) is 5.75 Å². The molecule has 1 aromatic rings. The van der Waals surface area contributed by atoms with Crippen LogP contribution in [0.1, 0.15) is 50.3 Å². The van der Waals surface area contributed by atoms with Gasteiger partial charge >= 0.3 is 0 Å². The third-order valence-electron chi connectivity index (χ3n) is 3.03. The molecule has 0 aromatic heterocycles. The molecule has 0 aliphatic carbocycles. The molecule has 0 fully saturated rings. The van der Waals surface area contributed by atoms with E-state index in [9.17, 15) is 5.11 Å². The van der Waals surface area contributed by atoms with Gasteiger partial charge in [-0.3, -0.25) is 0 Å². The Labute approximate surface area is 102 Å². The van der Waals surface area contributed by atoms with Crippen molar-refractivity contribution < 1.29 is 14.6 Å². The molecule has 0 spiro atoms. The molecule has 1 aliphatic rings. The predicted octanol–water partition coefficient (Wildman–Crippen LogP) is 2.95. The Morgan fingerprint density at radius 3 is 2.65 bits per heavy atom. The number of hydrogen-bond acceptors (Lipinski definition) is 3. The first-order valence-corrected chi connectivity index (χ1v) is 6.02. The van der Waals surface area contributed by atoms with Crippen LogP contribution in [0.15, 0.2) is 12.1 Å². The zero-order valence-electron chi connectivity index (χ0n) is 10.9. The van der Waals surface area contributed by atoms with Gasteiger partial charge in [0.1, 0.15) is 5.75 Å². The Bertz CT molecular complexity index is 404. The summed E-state index contributed by atoms with van der Waals surface area (Å²) in [5.74, 6) is 0.602. The summed E-state index contributed by atoms with van der Waals surface area (Å²) in [5.41, 5.74) is 3.09. The van der Waals surface area contributed by atoms with Crippen LogP contribution in [0.2, 0.25) is 0 Å². The van der Waals surface area contributed by atoms with Crippen LogP contribution >= 0.6 is 0 Å². The van der Waals surface area contributed by atoms with Gasteiger partial charge in [-0.25, -0.2) is 0 Å². The molecule has 17 heavy (non-hydrogen) atoms. The van der Waals surface area contributed by atoms with E-state index in [1.165, 1.54) is 5.56 Å². The normalized spacial score (nSPS) is 17.8. The maximum atomic E-state index is 9.45. The van der Waals surface area contributed by atoms with E-state index in [-0.39, 0.29) is 6.61 Å². The summed E-state index contributed by atoms with van der Waals surface area (Å²) in [7, 11) is 0. The fourth-order valence-electron chi connectivity index (χ4n) is 2.00. The van der Waals surface area contributed by atoms with Crippen molar-refractivity contribution in [2.45, 2.75) is 52.6 Å². The number of aliphatic hydroxyl groups is 1. The van der Waals surface area contributed by atoms with Gasteiger partial charge in [0.05, 0.1) is 13.2 Å². The molecule has 0 saturated carbocycles. The maximum absolute atomic E-state index is 9.45. The standard InChI is InChI=1S/C14H20O3/c1-9(2)10-5-11(7-15)13-12(6-10)8-16-14(3,4)17-13/h5-6,9,15H,7-8H2,1-4H3. The van der Waals surface area contributed by atoms with E-state index in [0.717, 1.165) is 16.9 Å². The SMILES string of the molecule is CC(C)c1cc(CO)c2c(c1)COC(C)(C)O2. The third-order valence-corrected chi connectivity index (χ3v) is 3.03. The van der Waals surface area contributed by atoms with Crippen LogP contribution in [0.4, 0.5) is 0 Å². The van der Waals surface area contributed by atoms with Crippen LogP contribution in [0, 0.1) is 0 Å².